The van der Waals surface area contributed by atoms with Crippen LogP contribution in [-0.4, -0.2) is 7.05 Å². The van der Waals surface area contributed by atoms with Crippen LogP contribution in [0, 0.1) is 5.92 Å². The fraction of sp³-hybridized carbons (Fsp3) is 0.500. The lowest BCUT2D eigenvalue weighted by atomic mass is 9.81. The molecule has 0 saturated heterocycles. The summed E-state index contributed by atoms with van der Waals surface area (Å²) in [5, 5.41) is 3.18. The van der Waals surface area contributed by atoms with Gasteiger partial charge in [-0.3, -0.25) is 0 Å². The van der Waals surface area contributed by atoms with Gasteiger partial charge in [0.1, 0.15) is 0 Å². The van der Waals surface area contributed by atoms with Crippen molar-refractivity contribution in [3.63, 3.8) is 0 Å². The van der Waals surface area contributed by atoms with Crippen molar-refractivity contribution in [2.24, 2.45) is 5.92 Å². The van der Waals surface area contributed by atoms with Gasteiger partial charge < -0.3 is 5.32 Å². The number of benzene rings is 1. The van der Waals surface area contributed by atoms with Crippen molar-refractivity contribution in [1.82, 2.24) is 0 Å². The molecule has 0 amide bonds. The molecule has 1 nitrogen and oxygen atoms in total. The highest BCUT2D eigenvalue weighted by Gasteiger charge is 2.17. The molecular weight excluding hydrogens is 158 g/mol. The predicted octanol–water partition coefficient (Wildman–Crippen LogP) is 3.07. The molecule has 0 bridgehead atoms. The lowest BCUT2D eigenvalue weighted by molar-refractivity contribution is 0.314. The zero-order valence-electron chi connectivity index (χ0n) is 8.22. The van der Waals surface area contributed by atoms with Crippen molar-refractivity contribution in [3.8, 4) is 0 Å². The number of nitrogens with one attached hydrogen (secondary N) is 1. The molecule has 13 heavy (non-hydrogen) atoms. The van der Waals surface area contributed by atoms with Crippen LogP contribution in [0.1, 0.15) is 24.8 Å². The summed E-state index contributed by atoms with van der Waals surface area (Å²) in [7, 11) is 1.97. The van der Waals surface area contributed by atoms with Crippen LogP contribution in [0.25, 0.3) is 0 Å². The Morgan fingerprint density at radius 1 is 1.38 bits per heavy atom. The molecule has 1 heteroatoms. The molecule has 0 atom stereocenters. The third-order valence-corrected chi connectivity index (χ3v) is 2.96. The van der Waals surface area contributed by atoms with E-state index in [2.05, 4.69) is 29.6 Å². The van der Waals surface area contributed by atoms with Gasteiger partial charge in [0.2, 0.25) is 0 Å². The van der Waals surface area contributed by atoms with Crippen molar-refractivity contribution in [2.45, 2.75) is 25.7 Å². The van der Waals surface area contributed by atoms with E-state index in [4.69, 9.17) is 0 Å². The maximum absolute atomic E-state index is 3.18. The third-order valence-electron chi connectivity index (χ3n) is 2.96. The van der Waals surface area contributed by atoms with E-state index in [9.17, 15) is 0 Å². The Bertz CT molecular complexity index is 276. The lowest BCUT2D eigenvalue weighted by Crippen LogP contribution is -2.13. The number of rotatable bonds is 3. The van der Waals surface area contributed by atoms with E-state index in [0.717, 1.165) is 5.92 Å². The molecule has 0 spiro atoms. The van der Waals surface area contributed by atoms with E-state index < -0.39 is 0 Å². The van der Waals surface area contributed by atoms with Crippen molar-refractivity contribution < 1.29 is 0 Å². The van der Waals surface area contributed by atoms with Gasteiger partial charge in [0.25, 0.3) is 0 Å². The molecule has 0 unspecified atom stereocenters. The Morgan fingerprint density at radius 2 is 2.23 bits per heavy atom. The van der Waals surface area contributed by atoms with Crippen LogP contribution in [0.3, 0.4) is 0 Å². The third kappa shape index (κ3) is 2.03. The Morgan fingerprint density at radius 3 is 2.85 bits per heavy atom. The van der Waals surface area contributed by atoms with Crippen molar-refractivity contribution in [3.05, 3.63) is 29.8 Å². The van der Waals surface area contributed by atoms with Gasteiger partial charge in [0.05, 0.1) is 0 Å². The molecule has 1 aromatic carbocycles. The van der Waals surface area contributed by atoms with Gasteiger partial charge in [-0.25, -0.2) is 0 Å². The van der Waals surface area contributed by atoms with Crippen molar-refractivity contribution in [1.29, 1.82) is 0 Å². The molecule has 1 fully saturated rings. The van der Waals surface area contributed by atoms with E-state index in [0.29, 0.717) is 0 Å². The minimum absolute atomic E-state index is 0.965. The second kappa shape index (κ2) is 3.82. The zero-order chi connectivity index (χ0) is 9.10. The van der Waals surface area contributed by atoms with Gasteiger partial charge in [0.15, 0.2) is 0 Å². The predicted molar refractivity (Wildman–Crippen MR) is 57.0 cm³/mol. The molecule has 1 aliphatic rings. The molecule has 0 radical (unpaired) electrons. The number of anilines is 1. The average molecular weight is 175 g/mol. The van der Waals surface area contributed by atoms with Crippen LogP contribution in [0.15, 0.2) is 24.3 Å². The molecule has 0 aliphatic heterocycles. The van der Waals surface area contributed by atoms with Crippen LogP contribution in [-0.2, 0) is 6.42 Å². The van der Waals surface area contributed by atoms with Crippen LogP contribution in [0.4, 0.5) is 5.69 Å². The topological polar surface area (TPSA) is 12.0 Å². The fourth-order valence-corrected chi connectivity index (χ4v) is 1.88. The quantitative estimate of drug-likeness (QED) is 0.744. The Labute approximate surface area is 80.2 Å². The summed E-state index contributed by atoms with van der Waals surface area (Å²) in [5.74, 6) is 0.965. The Hall–Kier alpha value is -0.980. The van der Waals surface area contributed by atoms with E-state index in [1.807, 2.05) is 7.05 Å². The van der Waals surface area contributed by atoms with Crippen LogP contribution in [0.2, 0.25) is 0 Å². The first-order valence-electron chi connectivity index (χ1n) is 5.15. The van der Waals surface area contributed by atoms with Crippen LogP contribution >= 0.6 is 0 Å². The van der Waals surface area contributed by atoms with Crippen molar-refractivity contribution >= 4 is 5.69 Å². The van der Waals surface area contributed by atoms with Gasteiger partial charge in [0, 0.05) is 12.7 Å². The van der Waals surface area contributed by atoms with E-state index in [1.165, 1.54) is 36.9 Å². The van der Waals surface area contributed by atoms with Gasteiger partial charge >= 0.3 is 0 Å². The second-order valence-corrected chi connectivity index (χ2v) is 3.95. The monoisotopic (exact) mass is 175 g/mol. The van der Waals surface area contributed by atoms with Gasteiger partial charge in [-0.15, -0.1) is 0 Å². The summed E-state index contributed by atoms with van der Waals surface area (Å²) in [6.07, 6.45) is 5.58. The highest BCUT2D eigenvalue weighted by molar-refractivity contribution is 5.45. The molecule has 70 valence electrons. The van der Waals surface area contributed by atoms with E-state index >= 15 is 0 Å². The Balaban J connectivity index is 2.01. The first-order chi connectivity index (χ1) is 6.38. The number of hydrogen-bond donors (Lipinski definition) is 1. The molecule has 1 aromatic rings. The van der Waals surface area contributed by atoms with Gasteiger partial charge in [-0.05, 0) is 30.0 Å². The summed E-state index contributed by atoms with van der Waals surface area (Å²) in [6, 6.07) is 8.75. The largest absolute Gasteiger partial charge is 0.388 e. The summed E-state index contributed by atoms with van der Waals surface area (Å²) < 4.78 is 0. The summed E-state index contributed by atoms with van der Waals surface area (Å²) in [5.41, 5.74) is 2.72. The maximum Gasteiger partial charge on any atom is 0.0340 e. The Kier molecular flexibility index (Phi) is 2.53. The minimum atomic E-state index is 0.965. The van der Waals surface area contributed by atoms with Crippen LogP contribution in [0.5, 0.6) is 0 Å². The molecular formula is C12H17N. The molecule has 0 aromatic heterocycles. The van der Waals surface area contributed by atoms with E-state index in [1.54, 1.807) is 0 Å². The molecule has 1 aliphatic carbocycles. The minimum Gasteiger partial charge on any atom is -0.388 e. The van der Waals surface area contributed by atoms with Crippen molar-refractivity contribution in [2.75, 3.05) is 12.4 Å². The average Bonchev–Trinajstić information content (AvgIpc) is 2.12. The zero-order valence-corrected chi connectivity index (χ0v) is 8.22. The summed E-state index contributed by atoms with van der Waals surface area (Å²) in [4.78, 5) is 0. The molecule has 1 saturated carbocycles. The SMILES string of the molecule is CNc1cccc(CC2CCC2)c1. The van der Waals surface area contributed by atoms with Gasteiger partial charge in [-0.2, -0.15) is 0 Å². The standard InChI is InChI=1S/C12H17N/c1-13-12-7-3-6-11(9-12)8-10-4-2-5-10/h3,6-7,9-10,13H,2,4-5,8H2,1H3. The smallest absolute Gasteiger partial charge is 0.0340 e. The first kappa shape index (κ1) is 8.61. The molecule has 2 rings (SSSR count). The molecule has 1 N–H and O–H groups in total. The normalized spacial score (nSPS) is 16.7. The second-order valence-electron chi connectivity index (χ2n) is 3.95. The van der Waals surface area contributed by atoms with Crippen LogP contribution < -0.4 is 5.32 Å². The van der Waals surface area contributed by atoms with E-state index in [-0.39, 0.29) is 0 Å². The fourth-order valence-electron chi connectivity index (χ4n) is 1.88. The highest BCUT2D eigenvalue weighted by Crippen LogP contribution is 2.30. The van der Waals surface area contributed by atoms with Gasteiger partial charge in [-0.1, -0.05) is 31.4 Å². The lowest BCUT2D eigenvalue weighted by Gasteiger charge is -2.25. The number of hydrogen-bond acceptors (Lipinski definition) is 1. The highest BCUT2D eigenvalue weighted by atomic mass is 14.8. The summed E-state index contributed by atoms with van der Waals surface area (Å²) in [6.45, 7) is 0. The summed E-state index contributed by atoms with van der Waals surface area (Å²) >= 11 is 0. The first-order valence-corrected chi connectivity index (χ1v) is 5.15. The molecule has 0 heterocycles. The maximum atomic E-state index is 3.18.